The second-order valence-electron chi connectivity index (χ2n) is 8.63. The number of aliphatic hydroxyl groups excluding tert-OH is 1. The summed E-state index contributed by atoms with van der Waals surface area (Å²) < 4.78 is 11.7. The Morgan fingerprint density at radius 1 is 1.19 bits per heavy atom. The van der Waals surface area contributed by atoms with Gasteiger partial charge in [-0.3, -0.25) is 9.80 Å². The van der Waals surface area contributed by atoms with Crippen LogP contribution in [0.15, 0.2) is 24.3 Å². The molecule has 0 saturated carbocycles. The molecule has 0 radical (unpaired) electrons. The lowest BCUT2D eigenvalue weighted by Crippen LogP contribution is -2.42. The highest BCUT2D eigenvalue weighted by Gasteiger charge is 2.47. The molecule has 3 aliphatic heterocycles. The van der Waals surface area contributed by atoms with E-state index in [0.29, 0.717) is 12.5 Å². The van der Waals surface area contributed by atoms with Gasteiger partial charge in [0.15, 0.2) is 0 Å². The molecule has 1 N–H and O–H groups in total. The number of rotatable bonds is 7. The summed E-state index contributed by atoms with van der Waals surface area (Å²) >= 11 is 0. The number of nitrogens with zero attached hydrogens (tertiary/aromatic N) is 2. The van der Waals surface area contributed by atoms with E-state index in [4.69, 9.17) is 9.47 Å². The van der Waals surface area contributed by atoms with Crippen LogP contribution in [-0.2, 0) is 11.3 Å². The highest BCUT2D eigenvalue weighted by atomic mass is 16.5. The second kappa shape index (κ2) is 8.91. The van der Waals surface area contributed by atoms with Crippen molar-refractivity contribution in [3.05, 3.63) is 29.8 Å². The Morgan fingerprint density at radius 2 is 2.07 bits per heavy atom. The molecule has 0 unspecified atom stereocenters. The summed E-state index contributed by atoms with van der Waals surface area (Å²) in [4.78, 5) is 4.98. The molecule has 3 heterocycles. The predicted molar refractivity (Wildman–Crippen MR) is 106 cm³/mol. The molecule has 4 rings (SSSR count). The zero-order chi connectivity index (χ0) is 18.5. The standard InChI is InChI=1S/C22H34N2O3/c25-17-22-16-24(15-20(22)7-11-26-18-22)14-19-5-4-6-21(13-19)27-12-10-23-8-2-1-3-9-23/h4-6,13,20,25H,1-3,7-12,14-18H2/t20-,22+/m0/s1. The average molecular weight is 375 g/mol. The molecule has 2 atom stereocenters. The van der Waals surface area contributed by atoms with Crippen LogP contribution in [0.4, 0.5) is 0 Å². The van der Waals surface area contributed by atoms with E-state index in [0.717, 1.165) is 51.6 Å². The van der Waals surface area contributed by atoms with Gasteiger partial charge in [-0.05, 0) is 56.0 Å². The summed E-state index contributed by atoms with van der Waals surface area (Å²) in [5.74, 6) is 1.53. The van der Waals surface area contributed by atoms with E-state index in [-0.39, 0.29) is 12.0 Å². The lowest BCUT2D eigenvalue weighted by molar-refractivity contribution is -0.0561. The van der Waals surface area contributed by atoms with E-state index >= 15 is 0 Å². The van der Waals surface area contributed by atoms with Gasteiger partial charge in [0.1, 0.15) is 12.4 Å². The lowest BCUT2D eigenvalue weighted by atomic mass is 9.76. The molecule has 1 aromatic rings. The van der Waals surface area contributed by atoms with Crippen LogP contribution in [0.25, 0.3) is 0 Å². The van der Waals surface area contributed by atoms with Crippen LogP contribution >= 0.6 is 0 Å². The van der Waals surface area contributed by atoms with Gasteiger partial charge in [0.05, 0.1) is 13.2 Å². The normalized spacial score (nSPS) is 29.6. The molecule has 0 amide bonds. The fourth-order valence-electron chi connectivity index (χ4n) is 5.02. The van der Waals surface area contributed by atoms with Gasteiger partial charge in [0.25, 0.3) is 0 Å². The van der Waals surface area contributed by atoms with E-state index in [1.807, 2.05) is 0 Å². The van der Waals surface area contributed by atoms with Gasteiger partial charge in [-0.25, -0.2) is 0 Å². The monoisotopic (exact) mass is 374 g/mol. The van der Waals surface area contributed by atoms with Crippen molar-refractivity contribution < 1.29 is 14.6 Å². The van der Waals surface area contributed by atoms with Crippen molar-refractivity contribution in [2.75, 3.05) is 59.2 Å². The second-order valence-corrected chi connectivity index (χ2v) is 8.63. The van der Waals surface area contributed by atoms with Crippen molar-refractivity contribution in [3.63, 3.8) is 0 Å². The van der Waals surface area contributed by atoms with Gasteiger partial charge in [-0.2, -0.15) is 0 Å². The molecular weight excluding hydrogens is 340 g/mol. The Labute approximate surface area is 163 Å². The van der Waals surface area contributed by atoms with Crippen LogP contribution in [0.2, 0.25) is 0 Å². The first kappa shape index (κ1) is 19.2. The number of ether oxygens (including phenoxy) is 2. The van der Waals surface area contributed by atoms with Crippen LogP contribution in [0.1, 0.15) is 31.2 Å². The zero-order valence-electron chi connectivity index (χ0n) is 16.4. The summed E-state index contributed by atoms with van der Waals surface area (Å²) in [6, 6.07) is 8.52. The Bertz CT molecular complexity index is 605. The highest BCUT2D eigenvalue weighted by Crippen LogP contribution is 2.41. The van der Waals surface area contributed by atoms with Crippen LogP contribution in [0.5, 0.6) is 5.75 Å². The number of hydrogen-bond acceptors (Lipinski definition) is 5. The maximum Gasteiger partial charge on any atom is 0.119 e. The molecule has 1 aromatic carbocycles. The first-order valence-electron chi connectivity index (χ1n) is 10.6. The third kappa shape index (κ3) is 4.65. The molecule has 3 saturated heterocycles. The molecule has 5 heteroatoms. The first-order chi connectivity index (χ1) is 13.3. The van der Waals surface area contributed by atoms with E-state index in [2.05, 4.69) is 34.1 Å². The van der Waals surface area contributed by atoms with Crippen LogP contribution < -0.4 is 4.74 Å². The number of aliphatic hydroxyl groups is 1. The number of hydrogen-bond donors (Lipinski definition) is 1. The number of piperidine rings is 1. The molecule has 5 nitrogen and oxygen atoms in total. The van der Waals surface area contributed by atoms with Crippen molar-refractivity contribution in [1.82, 2.24) is 9.80 Å². The first-order valence-corrected chi connectivity index (χ1v) is 10.6. The van der Waals surface area contributed by atoms with Crippen molar-refractivity contribution in [2.45, 2.75) is 32.2 Å². The van der Waals surface area contributed by atoms with Crippen LogP contribution in [0.3, 0.4) is 0 Å². The van der Waals surface area contributed by atoms with E-state index in [1.165, 1.54) is 37.9 Å². The number of fused-ring (bicyclic) bond motifs is 1. The maximum absolute atomic E-state index is 9.95. The minimum atomic E-state index is -0.0548. The van der Waals surface area contributed by atoms with Crippen LogP contribution in [-0.4, -0.2) is 74.1 Å². The van der Waals surface area contributed by atoms with Crippen LogP contribution in [0, 0.1) is 11.3 Å². The average Bonchev–Trinajstić information content (AvgIpc) is 3.07. The summed E-state index contributed by atoms with van der Waals surface area (Å²) in [5, 5.41) is 9.95. The number of benzene rings is 1. The quantitative estimate of drug-likeness (QED) is 0.794. The van der Waals surface area contributed by atoms with Gasteiger partial charge < -0.3 is 14.6 Å². The van der Waals surface area contributed by atoms with Crippen molar-refractivity contribution >= 4 is 0 Å². The van der Waals surface area contributed by atoms with Crippen molar-refractivity contribution in [2.24, 2.45) is 11.3 Å². The molecule has 3 fully saturated rings. The molecule has 3 aliphatic rings. The third-order valence-electron chi connectivity index (χ3n) is 6.63. The minimum Gasteiger partial charge on any atom is -0.492 e. The topological polar surface area (TPSA) is 45.2 Å². The summed E-state index contributed by atoms with van der Waals surface area (Å²) in [6.07, 6.45) is 5.09. The van der Waals surface area contributed by atoms with Gasteiger partial charge in [-0.1, -0.05) is 18.6 Å². The Hall–Kier alpha value is -1.14. The van der Waals surface area contributed by atoms with Gasteiger partial charge in [-0.15, -0.1) is 0 Å². The third-order valence-corrected chi connectivity index (χ3v) is 6.63. The van der Waals surface area contributed by atoms with Crippen molar-refractivity contribution in [1.29, 1.82) is 0 Å². The fourth-order valence-corrected chi connectivity index (χ4v) is 5.02. The molecule has 0 aliphatic carbocycles. The Morgan fingerprint density at radius 3 is 2.89 bits per heavy atom. The zero-order valence-corrected chi connectivity index (χ0v) is 16.4. The Kier molecular flexibility index (Phi) is 6.33. The molecule has 0 bridgehead atoms. The molecule has 150 valence electrons. The molecule has 0 aromatic heterocycles. The highest BCUT2D eigenvalue weighted by molar-refractivity contribution is 5.28. The lowest BCUT2D eigenvalue weighted by Gasteiger charge is -2.36. The summed E-state index contributed by atoms with van der Waals surface area (Å²) in [7, 11) is 0. The smallest absolute Gasteiger partial charge is 0.119 e. The van der Waals surface area contributed by atoms with Gasteiger partial charge in [0.2, 0.25) is 0 Å². The molecule has 27 heavy (non-hydrogen) atoms. The summed E-state index contributed by atoms with van der Waals surface area (Å²) in [6.45, 7) is 8.89. The molecular formula is C22H34N2O3. The van der Waals surface area contributed by atoms with E-state index in [9.17, 15) is 5.11 Å². The maximum atomic E-state index is 9.95. The van der Waals surface area contributed by atoms with E-state index in [1.54, 1.807) is 0 Å². The SMILES string of the molecule is OC[C@]12COCC[C@H]1CN(Cc1cccc(OCCN3CCCCC3)c1)C2. The van der Waals surface area contributed by atoms with Gasteiger partial charge in [0, 0.05) is 38.2 Å². The Balaban J connectivity index is 1.29. The number of likely N-dealkylation sites (tertiary alicyclic amines) is 2. The van der Waals surface area contributed by atoms with E-state index < -0.39 is 0 Å². The summed E-state index contributed by atoms with van der Waals surface area (Å²) in [5.41, 5.74) is 1.24. The van der Waals surface area contributed by atoms with Crippen molar-refractivity contribution in [3.8, 4) is 5.75 Å². The fraction of sp³-hybridized carbons (Fsp3) is 0.727. The molecule has 0 spiro atoms. The predicted octanol–water partition coefficient (Wildman–Crippen LogP) is 2.38. The minimum absolute atomic E-state index is 0.0548. The largest absolute Gasteiger partial charge is 0.492 e. The van der Waals surface area contributed by atoms with Gasteiger partial charge >= 0.3 is 0 Å².